The summed E-state index contributed by atoms with van der Waals surface area (Å²) >= 11 is 0. The largest absolute Gasteiger partial charge is 0.489 e. The Morgan fingerprint density at radius 2 is 1.86 bits per heavy atom. The van der Waals surface area contributed by atoms with Crippen molar-refractivity contribution in [2.75, 3.05) is 31.6 Å². The van der Waals surface area contributed by atoms with Gasteiger partial charge in [0.1, 0.15) is 17.0 Å². The molecule has 226 valence electrons. The van der Waals surface area contributed by atoms with Crippen molar-refractivity contribution in [2.45, 2.75) is 65.2 Å². The lowest BCUT2D eigenvalue weighted by Crippen LogP contribution is -2.43. The fourth-order valence-electron chi connectivity index (χ4n) is 4.98. The average molecular weight is 584 g/mol. The van der Waals surface area contributed by atoms with E-state index in [1.54, 1.807) is 26.8 Å². The van der Waals surface area contributed by atoms with Gasteiger partial charge in [-0.05, 0) is 97.2 Å². The molecule has 1 saturated heterocycles. The van der Waals surface area contributed by atoms with Gasteiger partial charge in [0.25, 0.3) is 5.91 Å². The van der Waals surface area contributed by atoms with Crippen LogP contribution in [0.5, 0.6) is 5.75 Å². The first-order valence-electron chi connectivity index (χ1n) is 14.6. The first kappa shape index (κ1) is 31.5. The third kappa shape index (κ3) is 8.11. The van der Waals surface area contributed by atoms with Crippen LogP contribution in [0.3, 0.4) is 0 Å². The zero-order valence-electron chi connectivity index (χ0n) is 25.9. The van der Waals surface area contributed by atoms with Crippen molar-refractivity contribution in [3.63, 3.8) is 0 Å². The van der Waals surface area contributed by atoms with Gasteiger partial charge in [-0.25, -0.2) is 9.78 Å². The van der Waals surface area contributed by atoms with Crippen LogP contribution in [0.15, 0.2) is 60.7 Å². The number of pyridine rings is 1. The zero-order chi connectivity index (χ0) is 31.3. The van der Waals surface area contributed by atoms with Crippen LogP contribution in [0.25, 0.3) is 22.0 Å². The Morgan fingerprint density at radius 3 is 2.51 bits per heavy atom. The highest BCUT2D eigenvalue weighted by Gasteiger charge is 2.29. The lowest BCUT2D eigenvalue weighted by Gasteiger charge is -2.30. The van der Waals surface area contributed by atoms with E-state index < -0.39 is 11.7 Å². The third-order valence-corrected chi connectivity index (χ3v) is 7.04. The number of anilines is 1. The predicted molar refractivity (Wildman–Crippen MR) is 169 cm³/mol. The van der Waals surface area contributed by atoms with Crippen LogP contribution in [0.4, 0.5) is 10.5 Å². The minimum Gasteiger partial charge on any atom is -0.489 e. The summed E-state index contributed by atoms with van der Waals surface area (Å²) in [5.74, 6) is 0.270. The first-order valence-corrected chi connectivity index (χ1v) is 14.6. The molecule has 2 aromatic carbocycles. The molecule has 0 saturated carbocycles. The Morgan fingerprint density at radius 1 is 1.16 bits per heavy atom. The number of fused-ring (bicyclic) bond motifs is 1. The van der Waals surface area contributed by atoms with E-state index in [-0.39, 0.29) is 30.2 Å². The van der Waals surface area contributed by atoms with Crippen molar-refractivity contribution < 1.29 is 19.1 Å². The molecular formula is C34H41N5O4. The van der Waals surface area contributed by atoms with Crippen LogP contribution < -0.4 is 15.0 Å². The number of carbonyl (C=O) groups is 2. The Kier molecular flexibility index (Phi) is 9.72. The van der Waals surface area contributed by atoms with Crippen molar-refractivity contribution in [1.29, 1.82) is 5.26 Å². The minimum atomic E-state index is -0.767. The van der Waals surface area contributed by atoms with Gasteiger partial charge < -0.3 is 19.7 Å². The van der Waals surface area contributed by atoms with Gasteiger partial charge in [0.05, 0.1) is 30.1 Å². The number of piperidine rings is 1. The molecular weight excluding hydrogens is 542 g/mol. The topological polar surface area (TPSA) is 108 Å². The summed E-state index contributed by atoms with van der Waals surface area (Å²) < 4.78 is 11.9. The number of nitriles is 1. The number of likely N-dealkylation sites (tertiary alicyclic amines) is 1. The standard InChI is InChI=1S/C34H41N5O4/c1-22(2)42-30-14-13-24-11-12-25(19-27(24)31(30)39(21-23(3)20-35)33(41)43-34(4,5)6)28-9-8-10-29(37-28)32(40)36-26-15-17-38(7)18-16-26/h8-14,19,22,26H,3,15-18,21H2,1-2,4-7H3,(H,36,40). The van der Waals surface area contributed by atoms with Crippen molar-refractivity contribution in [3.05, 3.63) is 66.4 Å². The number of nitrogens with one attached hydrogen (secondary N) is 1. The van der Waals surface area contributed by atoms with Crippen molar-refractivity contribution >= 4 is 28.5 Å². The van der Waals surface area contributed by atoms with Gasteiger partial charge in [0.2, 0.25) is 0 Å². The third-order valence-electron chi connectivity index (χ3n) is 7.04. The second kappa shape index (κ2) is 13.3. The van der Waals surface area contributed by atoms with Gasteiger partial charge in [-0.15, -0.1) is 0 Å². The Bertz CT molecular complexity index is 1540. The Labute approximate surface area is 254 Å². The van der Waals surface area contributed by atoms with Crippen LogP contribution in [0, 0.1) is 11.3 Å². The van der Waals surface area contributed by atoms with Crippen LogP contribution in [0.1, 0.15) is 57.9 Å². The normalized spacial score (nSPS) is 14.3. The Balaban J connectivity index is 1.79. The van der Waals surface area contributed by atoms with Crippen molar-refractivity contribution in [3.8, 4) is 23.1 Å². The molecule has 1 aliphatic rings. The maximum absolute atomic E-state index is 13.6. The van der Waals surface area contributed by atoms with E-state index in [4.69, 9.17) is 14.5 Å². The monoisotopic (exact) mass is 583 g/mol. The smallest absolute Gasteiger partial charge is 0.415 e. The average Bonchev–Trinajstić information content (AvgIpc) is 2.95. The van der Waals surface area contributed by atoms with E-state index in [1.807, 2.05) is 62.4 Å². The van der Waals surface area contributed by atoms with Crippen molar-refractivity contribution in [1.82, 2.24) is 15.2 Å². The molecule has 43 heavy (non-hydrogen) atoms. The maximum Gasteiger partial charge on any atom is 0.415 e. The lowest BCUT2D eigenvalue weighted by molar-refractivity contribution is 0.0582. The fraction of sp³-hybridized carbons (Fsp3) is 0.412. The summed E-state index contributed by atoms with van der Waals surface area (Å²) in [6, 6.07) is 17.1. The number of aromatic nitrogens is 1. The van der Waals surface area contributed by atoms with Crippen LogP contribution >= 0.6 is 0 Å². The molecule has 0 unspecified atom stereocenters. The second-order valence-corrected chi connectivity index (χ2v) is 12.3. The van der Waals surface area contributed by atoms with E-state index in [0.29, 0.717) is 28.2 Å². The molecule has 1 aromatic heterocycles. The van der Waals surface area contributed by atoms with Crippen molar-refractivity contribution in [2.24, 2.45) is 0 Å². The molecule has 9 heteroatoms. The molecule has 3 aromatic rings. The number of amides is 2. The summed E-state index contributed by atoms with van der Waals surface area (Å²) in [7, 11) is 2.09. The molecule has 2 heterocycles. The molecule has 4 rings (SSSR count). The van der Waals surface area contributed by atoms with Gasteiger partial charge >= 0.3 is 6.09 Å². The summed E-state index contributed by atoms with van der Waals surface area (Å²) in [6.07, 6.45) is 1.01. The molecule has 0 bridgehead atoms. The number of nitrogens with zero attached hydrogens (tertiary/aromatic N) is 4. The highest BCUT2D eigenvalue weighted by Crippen LogP contribution is 2.40. The van der Waals surface area contributed by atoms with E-state index in [1.165, 1.54) is 4.90 Å². The van der Waals surface area contributed by atoms with Crippen LogP contribution in [-0.2, 0) is 4.74 Å². The molecule has 2 amide bonds. The number of rotatable bonds is 8. The number of hydrogen-bond acceptors (Lipinski definition) is 7. The van der Waals surface area contributed by atoms with E-state index in [0.717, 1.165) is 36.9 Å². The SMILES string of the molecule is C=C(C#N)CN(C(=O)OC(C)(C)C)c1c(OC(C)C)ccc2ccc(-c3cccc(C(=O)NC4CCN(C)CC4)n3)cc12. The molecule has 1 fully saturated rings. The van der Waals surface area contributed by atoms with E-state index >= 15 is 0 Å². The van der Waals surface area contributed by atoms with Gasteiger partial charge in [0, 0.05) is 22.6 Å². The highest BCUT2D eigenvalue weighted by atomic mass is 16.6. The summed E-state index contributed by atoms with van der Waals surface area (Å²) in [5.41, 5.74) is 1.61. The summed E-state index contributed by atoms with van der Waals surface area (Å²) in [6.45, 7) is 14.8. The zero-order valence-corrected chi connectivity index (χ0v) is 25.9. The Hall–Kier alpha value is -4.42. The molecule has 0 spiro atoms. The number of hydrogen-bond donors (Lipinski definition) is 1. The molecule has 9 nitrogen and oxygen atoms in total. The maximum atomic E-state index is 13.6. The van der Waals surface area contributed by atoms with Gasteiger partial charge in [-0.1, -0.05) is 30.8 Å². The lowest BCUT2D eigenvalue weighted by atomic mass is 10.0. The quantitative estimate of drug-likeness (QED) is 0.309. The fourth-order valence-corrected chi connectivity index (χ4v) is 4.98. The van der Waals surface area contributed by atoms with Crippen LogP contribution in [0.2, 0.25) is 0 Å². The predicted octanol–water partition coefficient (Wildman–Crippen LogP) is 6.33. The first-order chi connectivity index (χ1) is 20.3. The van der Waals surface area contributed by atoms with Gasteiger partial charge in [-0.3, -0.25) is 9.69 Å². The van der Waals surface area contributed by atoms with Gasteiger partial charge in [-0.2, -0.15) is 5.26 Å². The molecule has 1 aliphatic heterocycles. The molecule has 0 radical (unpaired) electrons. The molecule has 1 N–H and O–H groups in total. The van der Waals surface area contributed by atoms with E-state index in [9.17, 15) is 14.9 Å². The number of benzene rings is 2. The second-order valence-electron chi connectivity index (χ2n) is 12.3. The summed E-state index contributed by atoms with van der Waals surface area (Å²) in [5, 5.41) is 14.2. The van der Waals surface area contributed by atoms with Crippen LogP contribution in [-0.4, -0.2) is 66.3 Å². The highest BCUT2D eigenvalue weighted by molar-refractivity contribution is 6.06. The van der Waals surface area contributed by atoms with Gasteiger partial charge in [0.15, 0.2) is 0 Å². The van der Waals surface area contributed by atoms with E-state index in [2.05, 4.69) is 23.8 Å². The minimum absolute atomic E-state index is 0.0753. The number of ether oxygens (including phenoxy) is 2. The molecule has 0 atom stereocenters. The molecule has 0 aliphatic carbocycles. The summed E-state index contributed by atoms with van der Waals surface area (Å²) in [4.78, 5) is 35.1. The number of carbonyl (C=O) groups excluding carboxylic acids is 2.